The Hall–Kier alpha value is -3.40. The lowest BCUT2D eigenvalue weighted by Gasteiger charge is -2.36. The molecule has 0 heterocycles. The van der Waals surface area contributed by atoms with E-state index in [1.807, 2.05) is 105 Å². The van der Waals surface area contributed by atoms with E-state index in [0.29, 0.717) is 6.42 Å². The first kappa shape index (κ1) is 22.3. The number of hydrogen-bond donors (Lipinski definition) is 2. The van der Waals surface area contributed by atoms with Gasteiger partial charge < -0.3 is 10.4 Å². The molecule has 0 saturated carbocycles. The molecular weight excluding hydrogens is 386 g/mol. The number of carboxylic acid groups (broad SMARTS) is 1. The lowest BCUT2D eigenvalue weighted by Crippen LogP contribution is -2.47. The molecule has 2 atom stereocenters. The maximum absolute atomic E-state index is 13.3. The zero-order chi connectivity index (χ0) is 22.3. The van der Waals surface area contributed by atoms with Crippen LogP contribution in [-0.2, 0) is 15.0 Å². The van der Waals surface area contributed by atoms with E-state index in [1.165, 1.54) is 0 Å². The predicted octanol–water partition coefficient (Wildman–Crippen LogP) is 5.03. The fourth-order valence-electron chi connectivity index (χ4n) is 4.12. The molecule has 4 nitrogen and oxygen atoms in total. The Morgan fingerprint density at radius 2 is 1.19 bits per heavy atom. The van der Waals surface area contributed by atoms with Gasteiger partial charge in [-0.2, -0.15) is 0 Å². The fourth-order valence-corrected chi connectivity index (χ4v) is 4.12. The van der Waals surface area contributed by atoms with Gasteiger partial charge in [-0.25, -0.2) is 4.79 Å². The molecule has 0 aromatic heterocycles. The maximum Gasteiger partial charge on any atom is 0.326 e. The molecule has 4 heteroatoms. The minimum absolute atomic E-state index is 0.102. The van der Waals surface area contributed by atoms with Gasteiger partial charge in [0.2, 0.25) is 5.91 Å². The van der Waals surface area contributed by atoms with Gasteiger partial charge in [-0.3, -0.25) is 4.79 Å². The number of aliphatic carboxylic acids is 1. The van der Waals surface area contributed by atoms with Crippen molar-refractivity contribution in [2.45, 2.75) is 38.1 Å². The van der Waals surface area contributed by atoms with Crippen molar-refractivity contribution in [2.75, 3.05) is 0 Å². The Morgan fingerprint density at radius 3 is 1.52 bits per heavy atom. The second kappa shape index (κ2) is 10.1. The number of hydrogen-bond acceptors (Lipinski definition) is 2. The number of carbonyl (C=O) groups excluding carboxylic acids is 1. The average molecular weight is 416 g/mol. The zero-order valence-corrected chi connectivity index (χ0v) is 18.0. The van der Waals surface area contributed by atoms with Crippen LogP contribution < -0.4 is 5.32 Å². The molecule has 31 heavy (non-hydrogen) atoms. The highest BCUT2D eigenvalue weighted by atomic mass is 16.4. The van der Waals surface area contributed by atoms with E-state index in [1.54, 1.807) is 0 Å². The minimum atomic E-state index is -1.01. The van der Waals surface area contributed by atoms with E-state index in [0.717, 1.165) is 16.7 Å². The Morgan fingerprint density at radius 1 is 0.806 bits per heavy atom. The highest BCUT2D eigenvalue weighted by Crippen LogP contribution is 2.42. The molecule has 0 spiro atoms. The van der Waals surface area contributed by atoms with Crippen molar-refractivity contribution in [3.63, 3.8) is 0 Å². The van der Waals surface area contributed by atoms with Gasteiger partial charge in [-0.15, -0.1) is 0 Å². The van der Waals surface area contributed by atoms with Crippen LogP contribution in [0.1, 0.15) is 43.4 Å². The van der Waals surface area contributed by atoms with Crippen molar-refractivity contribution in [2.24, 2.45) is 5.92 Å². The first-order chi connectivity index (χ1) is 15.0. The van der Waals surface area contributed by atoms with Crippen LogP contribution >= 0.6 is 0 Å². The topological polar surface area (TPSA) is 66.4 Å². The molecule has 0 aliphatic heterocycles. The average Bonchev–Trinajstić information content (AvgIpc) is 2.82. The summed E-state index contributed by atoms with van der Waals surface area (Å²) in [7, 11) is 0. The summed E-state index contributed by atoms with van der Waals surface area (Å²) in [6, 6.07) is 28.9. The minimum Gasteiger partial charge on any atom is -0.480 e. The van der Waals surface area contributed by atoms with E-state index in [2.05, 4.69) is 5.32 Å². The van der Waals surface area contributed by atoms with Crippen LogP contribution in [-0.4, -0.2) is 23.0 Å². The molecule has 1 amide bonds. The van der Waals surface area contributed by atoms with E-state index < -0.39 is 17.4 Å². The first-order valence-electron chi connectivity index (χ1n) is 10.7. The summed E-state index contributed by atoms with van der Waals surface area (Å²) < 4.78 is 0. The lowest BCUT2D eigenvalue weighted by atomic mass is 9.67. The van der Waals surface area contributed by atoms with Crippen LogP contribution in [0.4, 0.5) is 0 Å². The molecule has 0 aliphatic rings. The molecule has 3 aromatic carbocycles. The summed E-state index contributed by atoms with van der Waals surface area (Å²) in [5.74, 6) is -1.46. The molecule has 160 valence electrons. The van der Waals surface area contributed by atoms with Gasteiger partial charge in [-0.05, 0) is 22.6 Å². The lowest BCUT2D eigenvalue weighted by molar-refractivity contribution is -0.143. The smallest absolute Gasteiger partial charge is 0.326 e. The largest absolute Gasteiger partial charge is 0.480 e. The van der Waals surface area contributed by atoms with Gasteiger partial charge in [0, 0.05) is 6.42 Å². The third-order valence-corrected chi connectivity index (χ3v) is 6.02. The number of rotatable bonds is 9. The van der Waals surface area contributed by atoms with Crippen molar-refractivity contribution in [3.05, 3.63) is 108 Å². The van der Waals surface area contributed by atoms with Crippen molar-refractivity contribution in [3.8, 4) is 0 Å². The Balaban J connectivity index is 2.12. The van der Waals surface area contributed by atoms with Crippen LogP contribution in [0.25, 0.3) is 0 Å². The van der Waals surface area contributed by atoms with Crippen LogP contribution in [0, 0.1) is 5.92 Å². The number of carbonyl (C=O) groups is 2. The van der Waals surface area contributed by atoms with Crippen LogP contribution in [0.5, 0.6) is 0 Å². The van der Waals surface area contributed by atoms with Crippen LogP contribution in [0.3, 0.4) is 0 Å². The Bertz CT molecular complexity index is 890. The molecule has 0 fully saturated rings. The molecule has 0 unspecified atom stereocenters. The molecule has 0 saturated heterocycles. The van der Waals surface area contributed by atoms with Gasteiger partial charge in [0.1, 0.15) is 6.04 Å². The Labute approximate surface area is 183 Å². The summed E-state index contributed by atoms with van der Waals surface area (Å²) in [6.45, 7) is 3.77. The van der Waals surface area contributed by atoms with Crippen molar-refractivity contribution >= 4 is 11.9 Å². The second-order valence-electron chi connectivity index (χ2n) is 7.95. The van der Waals surface area contributed by atoms with Crippen LogP contribution in [0.2, 0.25) is 0 Å². The van der Waals surface area contributed by atoms with E-state index >= 15 is 0 Å². The fraction of sp³-hybridized carbons (Fsp3) is 0.259. The zero-order valence-electron chi connectivity index (χ0n) is 18.0. The summed E-state index contributed by atoms with van der Waals surface area (Å²) >= 11 is 0. The van der Waals surface area contributed by atoms with E-state index in [4.69, 9.17) is 0 Å². The molecule has 2 N–H and O–H groups in total. The van der Waals surface area contributed by atoms with Gasteiger partial charge >= 0.3 is 5.97 Å². The van der Waals surface area contributed by atoms with Gasteiger partial charge in [-0.1, -0.05) is 111 Å². The van der Waals surface area contributed by atoms with Crippen molar-refractivity contribution in [1.29, 1.82) is 0 Å². The maximum atomic E-state index is 13.3. The number of carboxylic acids is 1. The van der Waals surface area contributed by atoms with Gasteiger partial charge in [0.05, 0.1) is 5.41 Å². The van der Waals surface area contributed by atoms with Gasteiger partial charge in [0.15, 0.2) is 0 Å². The predicted molar refractivity (Wildman–Crippen MR) is 123 cm³/mol. The number of benzene rings is 3. The van der Waals surface area contributed by atoms with Crippen molar-refractivity contribution in [1.82, 2.24) is 5.32 Å². The quantitative estimate of drug-likeness (QED) is 0.482. The molecular formula is C27H29NO3. The normalized spacial score (nSPS) is 13.2. The first-order valence-corrected chi connectivity index (χ1v) is 10.7. The van der Waals surface area contributed by atoms with Crippen molar-refractivity contribution < 1.29 is 14.7 Å². The monoisotopic (exact) mass is 415 g/mol. The highest BCUT2D eigenvalue weighted by molar-refractivity contribution is 5.85. The second-order valence-corrected chi connectivity index (χ2v) is 7.95. The number of nitrogens with one attached hydrogen (secondary N) is 1. The summed E-state index contributed by atoms with van der Waals surface area (Å²) in [5.41, 5.74) is 2.21. The summed E-state index contributed by atoms with van der Waals surface area (Å²) in [4.78, 5) is 25.1. The highest BCUT2D eigenvalue weighted by Gasteiger charge is 2.39. The van der Waals surface area contributed by atoms with E-state index in [9.17, 15) is 14.7 Å². The SMILES string of the molecule is CC[C@H](C)[C@@H](NC(=O)CC(c1ccccc1)(c1ccccc1)c1ccccc1)C(=O)O. The molecule has 3 rings (SSSR count). The molecule has 3 aromatic rings. The summed E-state index contributed by atoms with van der Waals surface area (Å²) in [5, 5.41) is 12.5. The third kappa shape index (κ3) is 4.85. The number of amides is 1. The summed E-state index contributed by atoms with van der Waals surface area (Å²) in [6.07, 6.45) is 0.768. The standard InChI is InChI=1S/C27H29NO3/c1-3-20(2)25(26(30)31)28-24(29)19-27(21-13-7-4-8-14-21,22-15-9-5-10-16-22)23-17-11-6-12-18-23/h4-18,20,25H,3,19H2,1-2H3,(H,28,29)(H,30,31)/t20-,25+/m0/s1. The van der Waals surface area contributed by atoms with Gasteiger partial charge in [0.25, 0.3) is 0 Å². The molecule has 0 radical (unpaired) electrons. The molecule has 0 bridgehead atoms. The van der Waals surface area contributed by atoms with E-state index in [-0.39, 0.29) is 18.2 Å². The third-order valence-electron chi connectivity index (χ3n) is 6.02. The Kier molecular flexibility index (Phi) is 7.24. The van der Waals surface area contributed by atoms with Crippen LogP contribution in [0.15, 0.2) is 91.0 Å². The molecule has 0 aliphatic carbocycles.